The smallest absolute Gasteiger partial charge is 0.416 e. The second-order valence-corrected chi connectivity index (χ2v) is 5.83. The number of nitrogens with one attached hydrogen (secondary N) is 1. The van der Waals surface area contributed by atoms with Crippen LogP contribution in [-0.4, -0.2) is 25.6 Å². The molecule has 27 heavy (non-hydrogen) atoms. The molecule has 1 amide bonds. The van der Waals surface area contributed by atoms with Gasteiger partial charge in [-0.1, -0.05) is 23.7 Å². The SMILES string of the molecule is COc1ccc(Cl)cc1C(=O)OCC(=O)NCc1cccc(C(F)(F)F)c1. The van der Waals surface area contributed by atoms with E-state index in [-0.39, 0.29) is 28.4 Å². The average molecular weight is 402 g/mol. The van der Waals surface area contributed by atoms with Gasteiger partial charge in [0.1, 0.15) is 11.3 Å². The van der Waals surface area contributed by atoms with Crippen LogP contribution in [0, 0.1) is 0 Å². The first-order valence-corrected chi connectivity index (χ1v) is 8.02. The normalized spacial score (nSPS) is 11.0. The van der Waals surface area contributed by atoms with E-state index in [1.54, 1.807) is 0 Å². The van der Waals surface area contributed by atoms with E-state index in [0.717, 1.165) is 12.1 Å². The summed E-state index contributed by atoms with van der Waals surface area (Å²) in [5.41, 5.74) is -0.495. The van der Waals surface area contributed by atoms with Crippen molar-refractivity contribution < 1.29 is 32.2 Å². The number of rotatable bonds is 6. The maximum atomic E-state index is 12.7. The molecule has 0 unspecified atom stereocenters. The first-order chi connectivity index (χ1) is 12.7. The largest absolute Gasteiger partial charge is 0.496 e. The Morgan fingerprint density at radius 1 is 1.15 bits per heavy atom. The van der Waals surface area contributed by atoms with Gasteiger partial charge in [-0.25, -0.2) is 4.79 Å². The van der Waals surface area contributed by atoms with Gasteiger partial charge < -0.3 is 14.8 Å². The van der Waals surface area contributed by atoms with Crippen LogP contribution in [0.25, 0.3) is 0 Å². The van der Waals surface area contributed by atoms with E-state index in [9.17, 15) is 22.8 Å². The molecule has 0 aliphatic rings. The van der Waals surface area contributed by atoms with Crippen LogP contribution in [0.15, 0.2) is 42.5 Å². The lowest BCUT2D eigenvalue weighted by molar-refractivity contribution is -0.137. The molecule has 9 heteroatoms. The van der Waals surface area contributed by atoms with Crippen molar-refractivity contribution in [1.29, 1.82) is 0 Å². The molecule has 0 fully saturated rings. The Morgan fingerprint density at radius 2 is 1.89 bits per heavy atom. The molecule has 5 nitrogen and oxygen atoms in total. The lowest BCUT2D eigenvalue weighted by Crippen LogP contribution is -2.28. The molecule has 0 saturated heterocycles. The molecule has 0 aliphatic heterocycles. The lowest BCUT2D eigenvalue weighted by Gasteiger charge is -2.11. The predicted octanol–water partition coefficient (Wildman–Crippen LogP) is 3.84. The van der Waals surface area contributed by atoms with Crippen molar-refractivity contribution in [3.05, 3.63) is 64.2 Å². The Bertz CT molecular complexity index is 840. The van der Waals surface area contributed by atoms with Gasteiger partial charge in [0.15, 0.2) is 6.61 Å². The van der Waals surface area contributed by atoms with Gasteiger partial charge in [-0.05, 0) is 35.9 Å². The van der Waals surface area contributed by atoms with Crippen LogP contribution >= 0.6 is 11.6 Å². The summed E-state index contributed by atoms with van der Waals surface area (Å²) in [7, 11) is 1.36. The van der Waals surface area contributed by atoms with E-state index in [2.05, 4.69) is 5.32 Å². The van der Waals surface area contributed by atoms with Gasteiger partial charge in [0.25, 0.3) is 5.91 Å². The molecular formula is C18H15ClF3NO4. The maximum absolute atomic E-state index is 12.7. The topological polar surface area (TPSA) is 64.6 Å². The van der Waals surface area contributed by atoms with E-state index in [1.807, 2.05) is 0 Å². The number of hydrogen-bond donors (Lipinski definition) is 1. The molecule has 1 N–H and O–H groups in total. The van der Waals surface area contributed by atoms with Crippen molar-refractivity contribution in [3.63, 3.8) is 0 Å². The van der Waals surface area contributed by atoms with Crippen LogP contribution in [0.4, 0.5) is 13.2 Å². The van der Waals surface area contributed by atoms with E-state index >= 15 is 0 Å². The van der Waals surface area contributed by atoms with Crippen LogP contribution in [0.5, 0.6) is 5.75 Å². The first-order valence-electron chi connectivity index (χ1n) is 7.64. The zero-order chi connectivity index (χ0) is 20.0. The van der Waals surface area contributed by atoms with Crippen LogP contribution < -0.4 is 10.1 Å². The van der Waals surface area contributed by atoms with Gasteiger partial charge >= 0.3 is 12.1 Å². The average Bonchev–Trinajstić information content (AvgIpc) is 2.64. The van der Waals surface area contributed by atoms with Crippen LogP contribution in [-0.2, 0) is 22.3 Å². The molecule has 0 radical (unpaired) electrons. The maximum Gasteiger partial charge on any atom is 0.416 e. The molecule has 2 aromatic carbocycles. The molecule has 144 valence electrons. The minimum absolute atomic E-state index is 0.0516. The number of benzene rings is 2. The number of methoxy groups -OCH3 is 1. The number of esters is 1. The zero-order valence-corrected chi connectivity index (χ0v) is 14.9. The molecule has 0 spiro atoms. The van der Waals surface area contributed by atoms with Crippen LogP contribution in [0.2, 0.25) is 5.02 Å². The predicted molar refractivity (Wildman–Crippen MR) is 91.6 cm³/mol. The summed E-state index contributed by atoms with van der Waals surface area (Å²) < 4.78 is 47.9. The number of halogens is 4. The number of alkyl halides is 3. The number of carbonyl (C=O) groups excluding carboxylic acids is 2. The summed E-state index contributed by atoms with van der Waals surface area (Å²) in [6.07, 6.45) is -4.47. The highest BCUT2D eigenvalue weighted by Gasteiger charge is 2.30. The highest BCUT2D eigenvalue weighted by molar-refractivity contribution is 6.31. The van der Waals surface area contributed by atoms with Crippen molar-refractivity contribution in [2.75, 3.05) is 13.7 Å². The molecule has 2 rings (SSSR count). The molecule has 0 saturated carbocycles. The molecule has 0 aromatic heterocycles. The fraction of sp³-hybridized carbons (Fsp3) is 0.222. The Hall–Kier alpha value is -2.74. The minimum Gasteiger partial charge on any atom is -0.496 e. The highest BCUT2D eigenvalue weighted by Crippen LogP contribution is 2.29. The zero-order valence-electron chi connectivity index (χ0n) is 14.1. The Kier molecular flexibility index (Phi) is 6.68. The van der Waals surface area contributed by atoms with Crippen molar-refractivity contribution >= 4 is 23.5 Å². The Balaban J connectivity index is 1.90. The summed E-state index contributed by atoms with van der Waals surface area (Å²) in [5.74, 6) is -1.25. The van der Waals surface area contributed by atoms with E-state index in [0.29, 0.717) is 0 Å². The van der Waals surface area contributed by atoms with Gasteiger partial charge in [-0.15, -0.1) is 0 Å². The van der Waals surface area contributed by atoms with Crippen molar-refractivity contribution in [2.45, 2.75) is 12.7 Å². The van der Waals surface area contributed by atoms with E-state index < -0.39 is 30.2 Å². The monoisotopic (exact) mass is 401 g/mol. The summed E-state index contributed by atoms with van der Waals surface area (Å²) in [4.78, 5) is 23.8. The fourth-order valence-corrected chi connectivity index (χ4v) is 2.33. The second kappa shape index (κ2) is 8.77. The fourth-order valence-electron chi connectivity index (χ4n) is 2.16. The molecule has 0 aliphatic carbocycles. The van der Waals surface area contributed by atoms with Crippen LogP contribution in [0.3, 0.4) is 0 Å². The molecule has 0 bridgehead atoms. The second-order valence-electron chi connectivity index (χ2n) is 5.40. The number of amides is 1. The van der Waals surface area contributed by atoms with Gasteiger partial charge in [0.2, 0.25) is 0 Å². The number of hydrogen-bond acceptors (Lipinski definition) is 4. The first kappa shape index (κ1) is 20.6. The summed E-state index contributed by atoms with van der Waals surface area (Å²) in [6.45, 7) is -0.742. The third kappa shape index (κ3) is 5.89. The van der Waals surface area contributed by atoms with Crippen molar-refractivity contribution in [2.24, 2.45) is 0 Å². The number of carbonyl (C=O) groups is 2. The molecule has 0 heterocycles. The summed E-state index contributed by atoms with van der Waals surface area (Å²) in [6, 6.07) is 8.90. The third-order valence-corrected chi connectivity index (χ3v) is 3.69. The van der Waals surface area contributed by atoms with Crippen LogP contribution in [0.1, 0.15) is 21.5 Å². The highest BCUT2D eigenvalue weighted by atomic mass is 35.5. The van der Waals surface area contributed by atoms with Gasteiger partial charge in [0.05, 0.1) is 12.7 Å². The summed E-state index contributed by atoms with van der Waals surface area (Å²) >= 11 is 5.82. The summed E-state index contributed by atoms with van der Waals surface area (Å²) in [5, 5.41) is 2.67. The molecular weight excluding hydrogens is 387 g/mol. The molecule has 0 atom stereocenters. The lowest BCUT2D eigenvalue weighted by atomic mass is 10.1. The van der Waals surface area contributed by atoms with Gasteiger partial charge in [-0.2, -0.15) is 13.2 Å². The van der Waals surface area contributed by atoms with E-state index in [4.69, 9.17) is 21.1 Å². The van der Waals surface area contributed by atoms with E-state index in [1.165, 1.54) is 37.4 Å². The third-order valence-electron chi connectivity index (χ3n) is 3.46. The number of ether oxygens (including phenoxy) is 2. The van der Waals surface area contributed by atoms with Gasteiger partial charge in [0, 0.05) is 11.6 Å². The Labute approximate surface area is 158 Å². The Morgan fingerprint density at radius 3 is 2.56 bits per heavy atom. The van der Waals surface area contributed by atoms with Crippen molar-refractivity contribution in [1.82, 2.24) is 5.32 Å². The molecule has 2 aromatic rings. The van der Waals surface area contributed by atoms with Gasteiger partial charge in [-0.3, -0.25) is 4.79 Å². The standard InChI is InChI=1S/C18H15ClF3NO4/c1-26-15-6-5-13(19)8-14(15)17(25)27-10-16(24)23-9-11-3-2-4-12(7-11)18(20,21)22/h2-8H,9-10H2,1H3,(H,23,24). The van der Waals surface area contributed by atoms with Crippen molar-refractivity contribution in [3.8, 4) is 5.75 Å². The minimum atomic E-state index is -4.47. The quantitative estimate of drug-likeness (QED) is 0.747.